The minimum absolute atomic E-state index is 0.0157. The van der Waals surface area contributed by atoms with Crippen molar-refractivity contribution >= 4 is 0 Å². The van der Waals surface area contributed by atoms with Crippen molar-refractivity contribution in [2.24, 2.45) is 0 Å². The van der Waals surface area contributed by atoms with Crippen molar-refractivity contribution in [3.63, 3.8) is 0 Å². The van der Waals surface area contributed by atoms with E-state index in [2.05, 4.69) is 10.3 Å². The largest absolute Gasteiger partial charge is 0.465 e. The second-order valence-corrected chi connectivity index (χ2v) is 5.41. The molecule has 1 heterocycles. The summed E-state index contributed by atoms with van der Waals surface area (Å²) in [4.78, 5) is 3.79. The molecule has 3 nitrogen and oxygen atoms in total. The predicted molar refractivity (Wildman–Crippen MR) is 67.0 cm³/mol. The Kier molecular flexibility index (Phi) is 4.79. The summed E-state index contributed by atoms with van der Waals surface area (Å²) >= 11 is 0. The highest BCUT2D eigenvalue weighted by atomic mass is 19.4. The lowest BCUT2D eigenvalue weighted by Crippen LogP contribution is -2.35. The van der Waals surface area contributed by atoms with Crippen molar-refractivity contribution in [3.05, 3.63) is 23.9 Å². The highest BCUT2D eigenvalue weighted by Gasteiger charge is 2.38. The summed E-state index contributed by atoms with van der Waals surface area (Å²) in [6, 6.07) is 3.25. The van der Waals surface area contributed by atoms with Crippen LogP contribution in [0.4, 0.5) is 13.2 Å². The Morgan fingerprint density at radius 3 is 2.47 bits per heavy atom. The normalized spacial score (nSPS) is 14.3. The Labute approximate surface area is 111 Å². The fourth-order valence-corrected chi connectivity index (χ4v) is 1.24. The van der Waals surface area contributed by atoms with E-state index in [0.717, 1.165) is 12.5 Å². The van der Waals surface area contributed by atoms with Crippen LogP contribution in [-0.4, -0.2) is 22.8 Å². The number of rotatable bonds is 4. The van der Waals surface area contributed by atoms with Gasteiger partial charge in [-0.15, -0.1) is 0 Å². The van der Waals surface area contributed by atoms with Crippen LogP contribution in [0.25, 0.3) is 0 Å². The standard InChI is InChI=1S/C13H19F3N2O/c1-9(13(14,15)16)19-11-7-10(5-6-17-11)8-18-12(2,3)4/h5-7,9,18H,8H2,1-4H3. The van der Waals surface area contributed by atoms with E-state index in [1.54, 1.807) is 6.07 Å². The SMILES string of the molecule is CC(Oc1cc(CNC(C)(C)C)ccn1)C(F)(F)F. The summed E-state index contributed by atoms with van der Waals surface area (Å²) in [6.07, 6.45) is -4.81. The van der Waals surface area contributed by atoms with E-state index < -0.39 is 12.3 Å². The summed E-state index contributed by atoms with van der Waals surface area (Å²) in [5.74, 6) is -0.0157. The molecule has 0 aliphatic carbocycles. The fraction of sp³-hybridized carbons (Fsp3) is 0.615. The number of pyridine rings is 1. The molecular weight excluding hydrogens is 257 g/mol. The number of ether oxygens (including phenoxy) is 1. The molecule has 1 atom stereocenters. The third-order valence-electron chi connectivity index (χ3n) is 2.38. The molecule has 0 amide bonds. The van der Waals surface area contributed by atoms with Gasteiger partial charge in [-0.2, -0.15) is 13.2 Å². The first kappa shape index (κ1) is 15.8. The van der Waals surface area contributed by atoms with Crippen molar-refractivity contribution in [1.29, 1.82) is 0 Å². The highest BCUT2D eigenvalue weighted by molar-refractivity contribution is 5.20. The minimum Gasteiger partial charge on any atom is -0.465 e. The Morgan fingerprint density at radius 2 is 1.95 bits per heavy atom. The van der Waals surface area contributed by atoms with Gasteiger partial charge in [0.2, 0.25) is 5.88 Å². The van der Waals surface area contributed by atoms with Crippen LogP contribution >= 0.6 is 0 Å². The minimum atomic E-state index is -4.39. The predicted octanol–water partition coefficient (Wildman–Crippen LogP) is 3.30. The summed E-state index contributed by atoms with van der Waals surface area (Å²) in [5.41, 5.74) is 0.762. The van der Waals surface area contributed by atoms with Gasteiger partial charge in [0.15, 0.2) is 6.10 Å². The molecule has 0 saturated heterocycles. The highest BCUT2D eigenvalue weighted by Crippen LogP contribution is 2.24. The molecular formula is C13H19F3N2O. The lowest BCUT2D eigenvalue weighted by molar-refractivity contribution is -0.190. The zero-order chi connectivity index (χ0) is 14.7. The van der Waals surface area contributed by atoms with Crippen molar-refractivity contribution in [2.45, 2.75) is 52.1 Å². The smallest absolute Gasteiger partial charge is 0.425 e. The number of hydrogen-bond donors (Lipinski definition) is 1. The third kappa shape index (κ3) is 5.92. The van der Waals surface area contributed by atoms with Gasteiger partial charge in [0, 0.05) is 24.3 Å². The fourth-order valence-electron chi connectivity index (χ4n) is 1.24. The molecule has 1 N–H and O–H groups in total. The molecule has 1 aromatic heterocycles. The molecule has 0 spiro atoms. The van der Waals surface area contributed by atoms with Crippen LogP contribution < -0.4 is 10.1 Å². The lowest BCUT2D eigenvalue weighted by atomic mass is 10.1. The number of nitrogens with zero attached hydrogens (tertiary/aromatic N) is 1. The molecule has 0 aromatic carbocycles. The first-order chi connectivity index (χ1) is 8.58. The quantitative estimate of drug-likeness (QED) is 0.916. The molecule has 1 aromatic rings. The first-order valence-corrected chi connectivity index (χ1v) is 6.01. The third-order valence-corrected chi connectivity index (χ3v) is 2.38. The zero-order valence-electron chi connectivity index (χ0n) is 11.5. The zero-order valence-corrected chi connectivity index (χ0v) is 11.5. The maximum absolute atomic E-state index is 12.4. The number of hydrogen-bond acceptors (Lipinski definition) is 3. The molecule has 0 saturated carbocycles. The second-order valence-electron chi connectivity index (χ2n) is 5.41. The van der Waals surface area contributed by atoms with E-state index in [9.17, 15) is 13.2 Å². The summed E-state index contributed by atoms with van der Waals surface area (Å²) < 4.78 is 41.9. The Morgan fingerprint density at radius 1 is 1.32 bits per heavy atom. The maximum atomic E-state index is 12.4. The second kappa shape index (κ2) is 5.77. The molecule has 19 heavy (non-hydrogen) atoms. The van der Waals surface area contributed by atoms with Gasteiger partial charge in [-0.1, -0.05) is 0 Å². The van der Waals surface area contributed by atoms with Gasteiger partial charge in [0.25, 0.3) is 0 Å². The van der Waals surface area contributed by atoms with Crippen molar-refractivity contribution in [1.82, 2.24) is 10.3 Å². The van der Waals surface area contributed by atoms with E-state index in [-0.39, 0.29) is 11.4 Å². The number of nitrogens with one attached hydrogen (secondary N) is 1. The van der Waals surface area contributed by atoms with Crippen molar-refractivity contribution < 1.29 is 17.9 Å². The molecule has 6 heteroatoms. The Balaban J connectivity index is 2.67. The molecule has 1 rings (SSSR count). The summed E-state index contributed by atoms with van der Waals surface area (Å²) in [5, 5.41) is 3.24. The van der Waals surface area contributed by atoms with Crippen LogP contribution in [0.3, 0.4) is 0 Å². The van der Waals surface area contributed by atoms with E-state index in [1.165, 1.54) is 12.3 Å². The van der Waals surface area contributed by atoms with E-state index >= 15 is 0 Å². The maximum Gasteiger partial charge on any atom is 0.425 e. The van der Waals surface area contributed by atoms with Gasteiger partial charge in [-0.3, -0.25) is 0 Å². The molecule has 0 bridgehead atoms. The number of alkyl halides is 3. The molecule has 1 unspecified atom stereocenters. The van der Waals surface area contributed by atoms with E-state index in [0.29, 0.717) is 6.54 Å². The average Bonchev–Trinajstić information content (AvgIpc) is 2.25. The van der Waals surface area contributed by atoms with Gasteiger partial charge in [0.05, 0.1) is 0 Å². The molecule has 0 radical (unpaired) electrons. The van der Waals surface area contributed by atoms with Crippen LogP contribution in [-0.2, 0) is 6.54 Å². The van der Waals surface area contributed by atoms with Crippen LogP contribution in [0, 0.1) is 0 Å². The van der Waals surface area contributed by atoms with Gasteiger partial charge in [-0.05, 0) is 39.3 Å². The number of aromatic nitrogens is 1. The molecule has 0 aliphatic heterocycles. The topological polar surface area (TPSA) is 34.1 Å². The monoisotopic (exact) mass is 276 g/mol. The number of halogens is 3. The van der Waals surface area contributed by atoms with Gasteiger partial charge < -0.3 is 10.1 Å². The summed E-state index contributed by atoms with van der Waals surface area (Å²) in [7, 11) is 0. The Bertz CT molecular complexity index is 413. The molecule has 0 fully saturated rings. The average molecular weight is 276 g/mol. The Hall–Kier alpha value is -1.30. The molecule has 108 valence electrons. The van der Waals surface area contributed by atoms with Crippen LogP contribution in [0.5, 0.6) is 5.88 Å². The van der Waals surface area contributed by atoms with Crippen LogP contribution in [0.2, 0.25) is 0 Å². The van der Waals surface area contributed by atoms with Gasteiger partial charge in [0.1, 0.15) is 0 Å². The van der Waals surface area contributed by atoms with Crippen molar-refractivity contribution in [2.75, 3.05) is 0 Å². The van der Waals surface area contributed by atoms with Gasteiger partial charge >= 0.3 is 6.18 Å². The van der Waals surface area contributed by atoms with Crippen LogP contribution in [0.15, 0.2) is 18.3 Å². The lowest BCUT2D eigenvalue weighted by Gasteiger charge is -2.21. The molecule has 0 aliphatic rings. The van der Waals surface area contributed by atoms with E-state index in [4.69, 9.17) is 4.74 Å². The van der Waals surface area contributed by atoms with Crippen molar-refractivity contribution in [3.8, 4) is 5.88 Å². The first-order valence-electron chi connectivity index (χ1n) is 6.01. The van der Waals surface area contributed by atoms with E-state index in [1.807, 2.05) is 20.8 Å². The summed E-state index contributed by atoms with van der Waals surface area (Å²) in [6.45, 7) is 7.54. The van der Waals surface area contributed by atoms with Gasteiger partial charge in [-0.25, -0.2) is 4.98 Å². The van der Waals surface area contributed by atoms with Crippen LogP contribution in [0.1, 0.15) is 33.3 Å².